The predicted molar refractivity (Wildman–Crippen MR) is 64.5 cm³/mol. The Balaban J connectivity index is 1.89. The highest BCUT2D eigenvalue weighted by Gasteiger charge is 2.01. The van der Waals surface area contributed by atoms with Gasteiger partial charge in [-0.25, -0.2) is 0 Å². The van der Waals surface area contributed by atoms with Gasteiger partial charge in [-0.1, -0.05) is 18.2 Å². The molecule has 5 heteroatoms. The van der Waals surface area contributed by atoms with Gasteiger partial charge >= 0.3 is 0 Å². The van der Waals surface area contributed by atoms with E-state index in [-0.39, 0.29) is 6.61 Å². The molecule has 0 spiro atoms. The molecule has 0 aliphatic carbocycles. The summed E-state index contributed by atoms with van der Waals surface area (Å²) in [6, 6.07) is 7.41. The minimum Gasteiger partial charge on any atom is -0.491 e. The molecule has 5 nitrogen and oxygen atoms in total. The van der Waals surface area contributed by atoms with E-state index in [1.807, 2.05) is 24.3 Å². The Kier molecular flexibility index (Phi) is 3.62. The second kappa shape index (κ2) is 5.36. The van der Waals surface area contributed by atoms with Crippen molar-refractivity contribution in [2.24, 2.45) is 0 Å². The largest absolute Gasteiger partial charge is 0.491 e. The number of benzene rings is 1. The molecule has 90 valence electrons. The Morgan fingerprint density at radius 3 is 2.88 bits per heavy atom. The van der Waals surface area contributed by atoms with Gasteiger partial charge in [0.2, 0.25) is 0 Å². The van der Waals surface area contributed by atoms with Crippen LogP contribution >= 0.6 is 0 Å². The van der Waals surface area contributed by atoms with Gasteiger partial charge < -0.3 is 15.6 Å². The Bertz CT molecular complexity index is 482. The van der Waals surface area contributed by atoms with Crippen molar-refractivity contribution in [3.05, 3.63) is 42.2 Å². The first kappa shape index (κ1) is 11.5. The number of ether oxygens (including phenoxy) is 1. The van der Waals surface area contributed by atoms with Gasteiger partial charge in [0.05, 0.1) is 25.0 Å². The molecule has 1 aromatic heterocycles. The zero-order valence-electron chi connectivity index (χ0n) is 9.41. The van der Waals surface area contributed by atoms with Gasteiger partial charge in [-0.2, -0.15) is 5.10 Å². The Hall–Kier alpha value is -2.01. The summed E-state index contributed by atoms with van der Waals surface area (Å²) in [5, 5.41) is 13.2. The summed E-state index contributed by atoms with van der Waals surface area (Å²) in [7, 11) is 0. The highest BCUT2D eigenvalue weighted by molar-refractivity contribution is 5.32. The van der Waals surface area contributed by atoms with E-state index in [4.69, 9.17) is 15.6 Å². The fraction of sp³-hybridized carbons (Fsp3) is 0.250. The van der Waals surface area contributed by atoms with E-state index in [2.05, 4.69) is 5.10 Å². The number of para-hydroxylation sites is 1. The molecule has 0 amide bonds. The smallest absolute Gasteiger partial charge is 0.124 e. The van der Waals surface area contributed by atoms with E-state index in [1.165, 1.54) is 0 Å². The molecule has 1 aromatic carbocycles. The lowest BCUT2D eigenvalue weighted by Crippen LogP contribution is -2.09. The van der Waals surface area contributed by atoms with E-state index in [9.17, 15) is 0 Å². The predicted octanol–water partition coefficient (Wildman–Crippen LogP) is 1.04. The minimum absolute atomic E-state index is 0.0229. The molecule has 0 saturated carbocycles. The first-order valence-corrected chi connectivity index (χ1v) is 5.39. The monoisotopic (exact) mass is 233 g/mol. The topological polar surface area (TPSA) is 73.3 Å². The second-order valence-electron chi connectivity index (χ2n) is 3.65. The standard InChI is InChI=1S/C12H15N3O2/c13-11-7-14-15(8-11)5-6-17-12-4-2-1-3-10(12)9-16/h1-4,7-8,16H,5-6,9,13H2. The second-order valence-corrected chi connectivity index (χ2v) is 3.65. The van der Waals surface area contributed by atoms with Crippen molar-refractivity contribution >= 4 is 5.69 Å². The third-order valence-corrected chi connectivity index (χ3v) is 2.37. The van der Waals surface area contributed by atoms with Gasteiger partial charge in [0.1, 0.15) is 12.4 Å². The average Bonchev–Trinajstić information content (AvgIpc) is 2.76. The lowest BCUT2D eigenvalue weighted by molar-refractivity contribution is 0.255. The zero-order valence-corrected chi connectivity index (χ0v) is 9.41. The van der Waals surface area contributed by atoms with E-state index in [0.717, 1.165) is 5.56 Å². The minimum atomic E-state index is -0.0229. The van der Waals surface area contributed by atoms with Crippen molar-refractivity contribution in [3.63, 3.8) is 0 Å². The molecule has 0 atom stereocenters. The van der Waals surface area contributed by atoms with Crippen LogP contribution in [0, 0.1) is 0 Å². The normalized spacial score (nSPS) is 10.4. The maximum Gasteiger partial charge on any atom is 0.124 e. The molecule has 0 saturated heterocycles. The van der Waals surface area contributed by atoms with Crippen LogP contribution in [0.15, 0.2) is 36.7 Å². The van der Waals surface area contributed by atoms with Crippen LogP contribution < -0.4 is 10.5 Å². The van der Waals surface area contributed by atoms with Crippen molar-refractivity contribution in [2.75, 3.05) is 12.3 Å². The lowest BCUT2D eigenvalue weighted by Gasteiger charge is -2.09. The number of aromatic nitrogens is 2. The van der Waals surface area contributed by atoms with Gasteiger partial charge in [0, 0.05) is 11.8 Å². The van der Waals surface area contributed by atoms with Crippen LogP contribution in [0.25, 0.3) is 0 Å². The zero-order chi connectivity index (χ0) is 12.1. The van der Waals surface area contributed by atoms with Crippen LogP contribution in [-0.2, 0) is 13.2 Å². The van der Waals surface area contributed by atoms with Crippen LogP contribution in [0.3, 0.4) is 0 Å². The van der Waals surface area contributed by atoms with Crippen molar-refractivity contribution < 1.29 is 9.84 Å². The van der Waals surface area contributed by atoms with Crippen molar-refractivity contribution in [1.29, 1.82) is 0 Å². The summed E-state index contributed by atoms with van der Waals surface area (Å²) in [5.74, 6) is 0.704. The Labute approximate surface area is 99.4 Å². The van der Waals surface area contributed by atoms with E-state index >= 15 is 0 Å². The fourth-order valence-electron chi connectivity index (χ4n) is 1.53. The number of aliphatic hydroxyl groups is 1. The number of hydrogen-bond acceptors (Lipinski definition) is 4. The Morgan fingerprint density at radius 1 is 1.35 bits per heavy atom. The number of anilines is 1. The molecule has 0 radical (unpaired) electrons. The summed E-state index contributed by atoms with van der Waals surface area (Å²) in [4.78, 5) is 0. The molecule has 17 heavy (non-hydrogen) atoms. The molecular weight excluding hydrogens is 218 g/mol. The number of rotatable bonds is 5. The molecule has 2 aromatic rings. The quantitative estimate of drug-likeness (QED) is 0.809. The van der Waals surface area contributed by atoms with Crippen molar-refractivity contribution in [3.8, 4) is 5.75 Å². The molecule has 2 rings (SSSR count). The molecule has 0 bridgehead atoms. The first-order valence-electron chi connectivity index (χ1n) is 5.39. The fourth-order valence-corrected chi connectivity index (χ4v) is 1.53. The van der Waals surface area contributed by atoms with Crippen molar-refractivity contribution in [1.82, 2.24) is 9.78 Å². The van der Waals surface area contributed by atoms with Crippen LogP contribution in [0.2, 0.25) is 0 Å². The van der Waals surface area contributed by atoms with E-state index < -0.39 is 0 Å². The van der Waals surface area contributed by atoms with Crippen LogP contribution in [0.4, 0.5) is 5.69 Å². The van der Waals surface area contributed by atoms with Crippen molar-refractivity contribution in [2.45, 2.75) is 13.2 Å². The molecule has 0 aliphatic heterocycles. The molecule has 0 unspecified atom stereocenters. The highest BCUT2D eigenvalue weighted by atomic mass is 16.5. The third kappa shape index (κ3) is 2.98. The molecule has 0 fully saturated rings. The Morgan fingerprint density at radius 2 is 2.18 bits per heavy atom. The lowest BCUT2D eigenvalue weighted by atomic mass is 10.2. The van der Waals surface area contributed by atoms with Gasteiger partial charge in [-0.15, -0.1) is 0 Å². The number of aliphatic hydroxyl groups excluding tert-OH is 1. The average molecular weight is 233 g/mol. The molecule has 3 N–H and O–H groups in total. The number of hydrogen-bond donors (Lipinski definition) is 2. The highest BCUT2D eigenvalue weighted by Crippen LogP contribution is 2.17. The number of nitrogens with two attached hydrogens (primary N) is 1. The maximum absolute atomic E-state index is 9.12. The summed E-state index contributed by atoms with van der Waals surface area (Å²) in [5.41, 5.74) is 6.97. The van der Waals surface area contributed by atoms with Crippen LogP contribution in [0.1, 0.15) is 5.56 Å². The van der Waals surface area contributed by atoms with Gasteiger partial charge in [0.25, 0.3) is 0 Å². The SMILES string of the molecule is Nc1cnn(CCOc2ccccc2CO)c1. The first-order chi connectivity index (χ1) is 8.29. The van der Waals surface area contributed by atoms with Crippen LogP contribution in [-0.4, -0.2) is 21.5 Å². The molecule has 1 heterocycles. The third-order valence-electron chi connectivity index (χ3n) is 2.37. The van der Waals surface area contributed by atoms with E-state index in [0.29, 0.717) is 24.6 Å². The summed E-state index contributed by atoms with van der Waals surface area (Å²) in [6.07, 6.45) is 3.35. The summed E-state index contributed by atoms with van der Waals surface area (Å²) in [6.45, 7) is 1.08. The van der Waals surface area contributed by atoms with Crippen LogP contribution in [0.5, 0.6) is 5.75 Å². The number of nitrogen functional groups attached to an aromatic ring is 1. The number of nitrogens with zero attached hydrogens (tertiary/aromatic N) is 2. The summed E-state index contributed by atoms with van der Waals surface area (Å²) >= 11 is 0. The van der Waals surface area contributed by atoms with Gasteiger partial charge in [0.15, 0.2) is 0 Å². The molecular formula is C12H15N3O2. The van der Waals surface area contributed by atoms with Gasteiger partial charge in [-0.3, -0.25) is 4.68 Å². The molecule has 0 aliphatic rings. The maximum atomic E-state index is 9.12. The summed E-state index contributed by atoms with van der Waals surface area (Å²) < 4.78 is 7.30. The van der Waals surface area contributed by atoms with Gasteiger partial charge in [-0.05, 0) is 6.07 Å². The van der Waals surface area contributed by atoms with E-state index in [1.54, 1.807) is 17.1 Å².